The number of sulfone groups is 1. The van der Waals surface area contributed by atoms with Gasteiger partial charge in [-0.25, -0.2) is 12.8 Å². The summed E-state index contributed by atoms with van der Waals surface area (Å²) in [5, 5.41) is 10.4. The molecule has 0 radical (unpaired) electrons. The first-order valence-corrected chi connectivity index (χ1v) is 10.9. The molecule has 1 aromatic carbocycles. The standard InChI is InChI=1S/C20H23FN4O3S/c1-4-7-17(19-24-23-18-8-5-6-11-25(18)19)22-20(26)15-12-14(9-10-16(15)21)29(27,28)13(2)3/h5-6,8-13,17H,4,7H2,1-3H3,(H,22,26). The lowest BCUT2D eigenvalue weighted by Crippen LogP contribution is -2.31. The van der Waals surface area contributed by atoms with Crippen molar-refractivity contribution in [2.45, 2.75) is 49.8 Å². The number of carbonyl (C=O) groups is 1. The number of hydrogen-bond acceptors (Lipinski definition) is 5. The van der Waals surface area contributed by atoms with E-state index in [1.165, 1.54) is 19.9 Å². The molecule has 1 atom stereocenters. The minimum Gasteiger partial charge on any atom is -0.342 e. The molecule has 2 heterocycles. The molecule has 1 amide bonds. The molecule has 29 heavy (non-hydrogen) atoms. The molecule has 0 aliphatic heterocycles. The molecule has 0 fully saturated rings. The van der Waals surface area contributed by atoms with E-state index in [9.17, 15) is 17.6 Å². The Balaban J connectivity index is 1.95. The minimum absolute atomic E-state index is 0.0842. The molecule has 154 valence electrons. The van der Waals surface area contributed by atoms with E-state index in [0.29, 0.717) is 17.9 Å². The van der Waals surface area contributed by atoms with Crippen molar-refractivity contribution in [2.24, 2.45) is 0 Å². The number of halogens is 1. The van der Waals surface area contributed by atoms with Crippen molar-refractivity contribution in [1.82, 2.24) is 19.9 Å². The maximum atomic E-state index is 14.4. The van der Waals surface area contributed by atoms with Crippen molar-refractivity contribution in [1.29, 1.82) is 0 Å². The van der Waals surface area contributed by atoms with E-state index in [1.54, 1.807) is 16.7 Å². The smallest absolute Gasteiger partial charge is 0.254 e. The zero-order valence-electron chi connectivity index (χ0n) is 16.5. The summed E-state index contributed by atoms with van der Waals surface area (Å²) in [6.07, 6.45) is 3.10. The van der Waals surface area contributed by atoms with Crippen molar-refractivity contribution in [3.63, 3.8) is 0 Å². The van der Waals surface area contributed by atoms with Gasteiger partial charge in [0.2, 0.25) is 0 Å². The van der Waals surface area contributed by atoms with E-state index < -0.39 is 32.9 Å². The van der Waals surface area contributed by atoms with E-state index in [2.05, 4.69) is 15.5 Å². The fourth-order valence-electron chi connectivity index (χ4n) is 3.02. The molecule has 9 heteroatoms. The van der Waals surface area contributed by atoms with Gasteiger partial charge in [0.1, 0.15) is 5.82 Å². The monoisotopic (exact) mass is 418 g/mol. The summed E-state index contributed by atoms with van der Waals surface area (Å²) in [5.74, 6) is -0.955. The van der Waals surface area contributed by atoms with Crippen LogP contribution in [-0.4, -0.2) is 34.2 Å². The highest BCUT2D eigenvalue weighted by Crippen LogP contribution is 2.22. The number of aromatic nitrogens is 3. The Hall–Kier alpha value is -2.81. The molecule has 3 rings (SSSR count). The summed E-state index contributed by atoms with van der Waals surface area (Å²) in [5.41, 5.74) is 0.315. The molecule has 0 bridgehead atoms. The highest BCUT2D eigenvalue weighted by molar-refractivity contribution is 7.92. The molecule has 0 spiro atoms. The molecule has 7 nitrogen and oxygen atoms in total. The molecular formula is C20H23FN4O3S. The average molecular weight is 418 g/mol. The number of amides is 1. The first-order chi connectivity index (χ1) is 13.8. The zero-order valence-corrected chi connectivity index (χ0v) is 17.3. The molecule has 0 saturated heterocycles. The van der Waals surface area contributed by atoms with Crippen LogP contribution in [0, 0.1) is 5.82 Å². The van der Waals surface area contributed by atoms with E-state index >= 15 is 0 Å². The van der Waals surface area contributed by atoms with Gasteiger partial charge in [-0.1, -0.05) is 19.4 Å². The fourth-order valence-corrected chi connectivity index (χ4v) is 4.10. The Bertz CT molecular complexity index is 1140. The molecule has 0 aliphatic rings. The number of hydrogen-bond donors (Lipinski definition) is 1. The normalized spacial score (nSPS) is 13.0. The van der Waals surface area contributed by atoms with Gasteiger partial charge in [-0.05, 0) is 50.6 Å². The molecule has 0 saturated carbocycles. The van der Waals surface area contributed by atoms with Gasteiger partial charge in [0.15, 0.2) is 21.3 Å². The van der Waals surface area contributed by atoms with Gasteiger partial charge >= 0.3 is 0 Å². The first-order valence-electron chi connectivity index (χ1n) is 9.39. The van der Waals surface area contributed by atoms with Gasteiger partial charge in [-0.15, -0.1) is 10.2 Å². The Morgan fingerprint density at radius 2 is 1.97 bits per heavy atom. The van der Waals surface area contributed by atoms with Crippen molar-refractivity contribution >= 4 is 21.4 Å². The lowest BCUT2D eigenvalue weighted by atomic mass is 10.1. The maximum Gasteiger partial charge on any atom is 0.254 e. The number of nitrogens with one attached hydrogen (secondary N) is 1. The molecule has 1 N–H and O–H groups in total. The summed E-state index contributed by atoms with van der Waals surface area (Å²) in [6.45, 7) is 5.02. The Kier molecular flexibility index (Phi) is 5.97. The topological polar surface area (TPSA) is 93.4 Å². The molecule has 2 aromatic heterocycles. The van der Waals surface area contributed by atoms with Crippen molar-refractivity contribution < 1.29 is 17.6 Å². The highest BCUT2D eigenvalue weighted by Gasteiger charge is 2.25. The third kappa shape index (κ3) is 4.14. The second kappa shape index (κ2) is 8.28. The van der Waals surface area contributed by atoms with Crippen molar-refractivity contribution in [2.75, 3.05) is 0 Å². The number of fused-ring (bicyclic) bond motifs is 1. The van der Waals surface area contributed by atoms with E-state index in [1.807, 2.05) is 19.1 Å². The van der Waals surface area contributed by atoms with Crippen LogP contribution in [0.15, 0.2) is 47.5 Å². The van der Waals surface area contributed by atoms with Gasteiger partial charge < -0.3 is 5.32 Å². The number of nitrogens with zero attached hydrogens (tertiary/aromatic N) is 3. The van der Waals surface area contributed by atoms with Crippen LogP contribution < -0.4 is 5.32 Å². The summed E-state index contributed by atoms with van der Waals surface area (Å²) >= 11 is 0. The van der Waals surface area contributed by atoms with Gasteiger partial charge in [-0.3, -0.25) is 9.20 Å². The van der Waals surface area contributed by atoms with Gasteiger partial charge in [0, 0.05) is 6.20 Å². The van der Waals surface area contributed by atoms with Crippen molar-refractivity contribution in [3.8, 4) is 0 Å². The predicted octanol–water partition coefficient (Wildman–Crippen LogP) is 3.32. The van der Waals surface area contributed by atoms with Gasteiger partial charge in [0.05, 0.1) is 21.8 Å². The Morgan fingerprint density at radius 1 is 1.21 bits per heavy atom. The summed E-state index contributed by atoms with van der Waals surface area (Å²) < 4.78 is 40.9. The second-order valence-electron chi connectivity index (χ2n) is 7.04. The predicted molar refractivity (Wildman–Crippen MR) is 107 cm³/mol. The summed E-state index contributed by atoms with van der Waals surface area (Å²) in [4.78, 5) is 12.7. The number of pyridine rings is 1. The minimum atomic E-state index is -3.63. The van der Waals surface area contributed by atoms with E-state index in [0.717, 1.165) is 18.6 Å². The Morgan fingerprint density at radius 3 is 2.66 bits per heavy atom. The van der Waals surface area contributed by atoms with Crippen LogP contribution in [0.3, 0.4) is 0 Å². The fraction of sp³-hybridized carbons (Fsp3) is 0.350. The van der Waals surface area contributed by atoms with Crippen molar-refractivity contribution in [3.05, 3.63) is 59.8 Å². The van der Waals surface area contributed by atoms with Crippen LogP contribution in [0.2, 0.25) is 0 Å². The number of benzene rings is 1. The molecular weight excluding hydrogens is 395 g/mol. The van der Waals surface area contributed by atoms with E-state index in [4.69, 9.17) is 0 Å². The van der Waals surface area contributed by atoms with Gasteiger partial charge in [0.25, 0.3) is 5.91 Å². The van der Waals surface area contributed by atoms with Gasteiger partial charge in [-0.2, -0.15) is 0 Å². The summed E-state index contributed by atoms with van der Waals surface area (Å²) in [6, 6.07) is 8.21. The Labute approximate surface area is 168 Å². The largest absolute Gasteiger partial charge is 0.342 e. The quantitative estimate of drug-likeness (QED) is 0.594. The second-order valence-corrected chi connectivity index (χ2v) is 9.54. The molecule has 0 aliphatic carbocycles. The lowest BCUT2D eigenvalue weighted by molar-refractivity contribution is 0.0928. The maximum absolute atomic E-state index is 14.4. The number of rotatable bonds is 7. The molecule has 3 aromatic rings. The van der Waals surface area contributed by atoms with Crippen LogP contribution in [0.4, 0.5) is 4.39 Å². The molecule has 1 unspecified atom stereocenters. The van der Waals surface area contributed by atoms with Crippen LogP contribution in [0.25, 0.3) is 5.65 Å². The average Bonchev–Trinajstić information content (AvgIpc) is 3.11. The first kappa shape index (κ1) is 20.9. The SMILES string of the molecule is CCCC(NC(=O)c1cc(S(=O)(=O)C(C)C)ccc1F)c1nnc2ccccn12. The van der Waals surface area contributed by atoms with Crippen LogP contribution in [-0.2, 0) is 9.84 Å². The third-order valence-electron chi connectivity index (χ3n) is 4.67. The zero-order chi connectivity index (χ0) is 21.2. The number of carbonyl (C=O) groups excluding carboxylic acids is 1. The summed E-state index contributed by atoms with van der Waals surface area (Å²) in [7, 11) is -3.63. The van der Waals surface area contributed by atoms with Crippen LogP contribution >= 0.6 is 0 Å². The van der Waals surface area contributed by atoms with E-state index in [-0.39, 0.29) is 10.5 Å². The lowest BCUT2D eigenvalue weighted by Gasteiger charge is -2.17. The van der Waals surface area contributed by atoms with Crippen LogP contribution in [0.1, 0.15) is 55.8 Å². The third-order valence-corrected chi connectivity index (χ3v) is 6.82. The highest BCUT2D eigenvalue weighted by atomic mass is 32.2. The van der Waals surface area contributed by atoms with Crippen LogP contribution in [0.5, 0.6) is 0 Å².